The molecule has 0 spiro atoms. The van der Waals surface area contributed by atoms with Gasteiger partial charge in [0.05, 0.1) is 19.2 Å². The maximum atomic E-state index is 13.2. The summed E-state index contributed by atoms with van der Waals surface area (Å²) in [6.07, 6.45) is 4.18. The molecule has 1 amide bonds. The average molecular weight is 400 g/mol. The van der Waals surface area contributed by atoms with Crippen LogP contribution in [0.1, 0.15) is 35.2 Å². The van der Waals surface area contributed by atoms with Gasteiger partial charge in [-0.1, -0.05) is 12.1 Å². The lowest BCUT2D eigenvalue weighted by molar-refractivity contribution is -0.120. The lowest BCUT2D eigenvalue weighted by Crippen LogP contribution is -2.38. The molecule has 1 N–H and O–H groups in total. The van der Waals surface area contributed by atoms with Gasteiger partial charge in [-0.05, 0) is 63.4 Å². The van der Waals surface area contributed by atoms with E-state index in [-0.39, 0.29) is 18.1 Å². The Morgan fingerprint density at radius 2 is 2.07 bits per heavy atom. The van der Waals surface area contributed by atoms with E-state index in [1.165, 1.54) is 12.1 Å². The van der Waals surface area contributed by atoms with Crippen molar-refractivity contribution in [1.82, 2.24) is 15.2 Å². The highest BCUT2D eigenvalue weighted by Crippen LogP contribution is 2.26. The molecule has 5 nitrogen and oxygen atoms in total. The lowest BCUT2D eigenvalue weighted by Gasteiger charge is -2.32. The minimum absolute atomic E-state index is 0.0513. The van der Waals surface area contributed by atoms with Crippen LogP contribution in [0, 0.1) is 25.6 Å². The Balaban J connectivity index is 1.43. The van der Waals surface area contributed by atoms with E-state index in [2.05, 4.69) is 22.1 Å². The van der Waals surface area contributed by atoms with Gasteiger partial charge in [-0.25, -0.2) is 4.39 Å². The van der Waals surface area contributed by atoms with Gasteiger partial charge in [0.2, 0.25) is 5.91 Å². The monoisotopic (exact) mass is 399 g/mol. The van der Waals surface area contributed by atoms with Crippen molar-refractivity contribution in [1.29, 1.82) is 0 Å². The van der Waals surface area contributed by atoms with Crippen molar-refractivity contribution in [3.05, 3.63) is 58.7 Å². The smallest absolute Gasteiger partial charge is 0.224 e. The van der Waals surface area contributed by atoms with Crippen molar-refractivity contribution in [3.63, 3.8) is 0 Å². The van der Waals surface area contributed by atoms with Crippen LogP contribution in [0.4, 0.5) is 4.39 Å². The number of hydrogen-bond donors (Lipinski definition) is 1. The minimum Gasteiger partial charge on any atom is -0.496 e. The number of amides is 1. The molecule has 1 aliphatic heterocycles. The van der Waals surface area contributed by atoms with Crippen LogP contribution in [0.25, 0.3) is 0 Å². The van der Waals surface area contributed by atoms with Crippen LogP contribution in [0.2, 0.25) is 0 Å². The van der Waals surface area contributed by atoms with Crippen molar-refractivity contribution >= 4 is 5.91 Å². The molecule has 0 unspecified atom stereocenters. The fraction of sp³-hybridized carbons (Fsp3) is 0.478. The first-order valence-electron chi connectivity index (χ1n) is 10.2. The summed E-state index contributed by atoms with van der Waals surface area (Å²) in [6.45, 7) is 7.55. The van der Waals surface area contributed by atoms with E-state index in [0.717, 1.165) is 55.0 Å². The van der Waals surface area contributed by atoms with Crippen molar-refractivity contribution in [2.45, 2.75) is 39.7 Å². The molecule has 0 aliphatic carbocycles. The number of rotatable bonds is 7. The topological polar surface area (TPSA) is 54.5 Å². The van der Waals surface area contributed by atoms with Crippen molar-refractivity contribution in [3.8, 4) is 5.75 Å². The fourth-order valence-electron chi connectivity index (χ4n) is 3.94. The molecule has 6 heteroatoms. The quantitative estimate of drug-likeness (QED) is 0.775. The molecule has 0 saturated carbocycles. The molecule has 3 rings (SSSR count). The Bertz CT molecular complexity index is 848. The average Bonchev–Trinajstić information content (AvgIpc) is 2.70. The molecule has 2 aromatic rings. The second-order valence-corrected chi connectivity index (χ2v) is 7.88. The van der Waals surface area contributed by atoms with Crippen LogP contribution in [-0.2, 0) is 17.8 Å². The van der Waals surface area contributed by atoms with Gasteiger partial charge < -0.3 is 10.1 Å². The summed E-state index contributed by atoms with van der Waals surface area (Å²) in [6, 6.07) is 6.21. The Hall–Kier alpha value is -2.47. The van der Waals surface area contributed by atoms with Gasteiger partial charge in [-0.15, -0.1) is 0 Å². The second-order valence-electron chi connectivity index (χ2n) is 7.88. The highest BCUT2D eigenvalue weighted by atomic mass is 19.1. The highest BCUT2D eigenvalue weighted by Gasteiger charge is 2.21. The van der Waals surface area contributed by atoms with E-state index >= 15 is 0 Å². The lowest BCUT2D eigenvalue weighted by atomic mass is 9.96. The highest BCUT2D eigenvalue weighted by molar-refractivity contribution is 5.78. The molecular formula is C23H30FN3O2. The molecule has 0 radical (unpaired) electrons. The first kappa shape index (κ1) is 21.2. The number of benzene rings is 1. The molecule has 1 aliphatic rings. The summed E-state index contributed by atoms with van der Waals surface area (Å²) in [5, 5.41) is 3.01. The Morgan fingerprint density at radius 3 is 2.76 bits per heavy atom. The number of halogens is 1. The van der Waals surface area contributed by atoms with Gasteiger partial charge >= 0.3 is 0 Å². The van der Waals surface area contributed by atoms with E-state index < -0.39 is 0 Å². The van der Waals surface area contributed by atoms with Crippen LogP contribution >= 0.6 is 0 Å². The van der Waals surface area contributed by atoms with Crippen LogP contribution in [-0.4, -0.2) is 42.5 Å². The van der Waals surface area contributed by atoms with Gasteiger partial charge in [-0.2, -0.15) is 0 Å². The molecule has 1 aromatic carbocycles. The number of methoxy groups -OCH3 is 1. The zero-order valence-corrected chi connectivity index (χ0v) is 17.5. The number of nitrogens with zero attached hydrogens (tertiary/aromatic N) is 2. The normalized spacial score (nSPS) is 15.3. The van der Waals surface area contributed by atoms with Crippen LogP contribution in [0.15, 0.2) is 30.5 Å². The second kappa shape index (κ2) is 9.83. The molecule has 0 atom stereocenters. The zero-order chi connectivity index (χ0) is 20.8. The van der Waals surface area contributed by atoms with Gasteiger partial charge in [0.25, 0.3) is 0 Å². The summed E-state index contributed by atoms with van der Waals surface area (Å²) < 4.78 is 18.7. The number of carbonyl (C=O) groups is 1. The number of carbonyl (C=O) groups excluding carboxylic acids is 1. The third kappa shape index (κ3) is 5.76. The van der Waals surface area contributed by atoms with E-state index in [1.54, 1.807) is 19.2 Å². The number of piperidine rings is 1. The van der Waals surface area contributed by atoms with Crippen molar-refractivity contribution in [2.75, 3.05) is 26.7 Å². The number of aryl methyl sites for hydroxylation is 1. The molecule has 1 aromatic heterocycles. The minimum atomic E-state index is -0.307. The van der Waals surface area contributed by atoms with Crippen LogP contribution in [0.3, 0.4) is 0 Å². The molecule has 1 saturated heterocycles. The molecule has 1 fully saturated rings. The predicted molar refractivity (Wildman–Crippen MR) is 111 cm³/mol. The molecule has 0 bridgehead atoms. The maximum absolute atomic E-state index is 13.2. The Kier molecular flexibility index (Phi) is 7.20. The third-order valence-electron chi connectivity index (χ3n) is 5.67. The van der Waals surface area contributed by atoms with Crippen molar-refractivity contribution in [2.24, 2.45) is 5.92 Å². The first-order chi connectivity index (χ1) is 14.0. The number of ether oxygens (including phenoxy) is 1. The van der Waals surface area contributed by atoms with Gasteiger partial charge in [-0.3, -0.25) is 14.7 Å². The van der Waals surface area contributed by atoms with Crippen molar-refractivity contribution < 1.29 is 13.9 Å². The summed E-state index contributed by atoms with van der Waals surface area (Å²) in [5.74, 6) is 1.04. The fourth-order valence-corrected chi connectivity index (χ4v) is 3.94. The van der Waals surface area contributed by atoms with Gasteiger partial charge in [0, 0.05) is 30.4 Å². The van der Waals surface area contributed by atoms with E-state index in [4.69, 9.17) is 4.74 Å². The SMILES string of the molecule is COc1c(C)cnc(CN2CCC(CNC(=O)Cc3cccc(F)c3)CC2)c1C. The number of hydrogen-bond acceptors (Lipinski definition) is 4. The summed E-state index contributed by atoms with van der Waals surface area (Å²) in [7, 11) is 1.70. The Morgan fingerprint density at radius 1 is 1.31 bits per heavy atom. The first-order valence-corrected chi connectivity index (χ1v) is 10.2. The summed E-state index contributed by atoms with van der Waals surface area (Å²) >= 11 is 0. The van der Waals surface area contributed by atoms with E-state index in [0.29, 0.717) is 18.0 Å². The van der Waals surface area contributed by atoms with Gasteiger partial charge in [0.15, 0.2) is 0 Å². The summed E-state index contributed by atoms with van der Waals surface area (Å²) in [4.78, 5) is 19.1. The number of nitrogens with one attached hydrogen (secondary N) is 1. The van der Waals surface area contributed by atoms with E-state index in [9.17, 15) is 9.18 Å². The predicted octanol–water partition coefficient (Wildman–Crippen LogP) is 3.42. The molecule has 29 heavy (non-hydrogen) atoms. The molecule has 2 heterocycles. The Labute approximate surface area is 172 Å². The van der Waals surface area contributed by atoms with E-state index in [1.807, 2.05) is 13.1 Å². The zero-order valence-electron chi connectivity index (χ0n) is 17.5. The summed E-state index contributed by atoms with van der Waals surface area (Å²) in [5.41, 5.74) is 3.93. The number of pyridine rings is 1. The standard InChI is InChI=1S/C23H30FN3O2/c1-16-13-25-21(17(2)23(16)29-3)15-27-9-7-18(8-10-27)14-26-22(28)12-19-5-4-6-20(24)11-19/h4-6,11,13,18H,7-10,12,14-15H2,1-3H3,(H,26,28). The number of likely N-dealkylation sites (tertiary alicyclic amines) is 1. The van der Waals surface area contributed by atoms with Crippen LogP contribution < -0.4 is 10.1 Å². The molecule has 156 valence electrons. The van der Waals surface area contributed by atoms with Gasteiger partial charge in [0.1, 0.15) is 11.6 Å². The maximum Gasteiger partial charge on any atom is 0.224 e. The van der Waals surface area contributed by atoms with Crippen LogP contribution in [0.5, 0.6) is 5.75 Å². The molecular weight excluding hydrogens is 369 g/mol. The number of aromatic nitrogens is 1. The third-order valence-corrected chi connectivity index (χ3v) is 5.67. The largest absolute Gasteiger partial charge is 0.496 e.